The molecule has 0 saturated carbocycles. The number of hydrogen-bond acceptors (Lipinski definition) is 7. The Morgan fingerprint density at radius 3 is 2.59 bits per heavy atom. The van der Waals surface area contributed by atoms with Gasteiger partial charge >= 0.3 is 5.97 Å². The molecule has 1 fully saturated rings. The largest absolute Gasteiger partial charge is 0.481 e. The molecule has 1 saturated heterocycles. The summed E-state index contributed by atoms with van der Waals surface area (Å²) in [4.78, 5) is 37.1. The van der Waals surface area contributed by atoms with E-state index in [0.29, 0.717) is 37.4 Å². The molecule has 2 aromatic rings. The molecule has 39 heavy (non-hydrogen) atoms. The number of carbonyl (C=O) groups is 2. The lowest BCUT2D eigenvalue weighted by Gasteiger charge is -2.30. The Hall–Kier alpha value is -3.11. The number of unbranched alkanes of at least 4 members (excludes halogenated alkanes) is 1. The molecule has 2 aliphatic rings. The van der Waals surface area contributed by atoms with Crippen LogP contribution < -0.4 is 9.47 Å². The molecule has 1 aromatic carbocycles. The van der Waals surface area contributed by atoms with E-state index in [-0.39, 0.29) is 31.2 Å². The summed E-state index contributed by atoms with van der Waals surface area (Å²) in [7, 11) is 6.02. The molecule has 0 bridgehead atoms. The van der Waals surface area contributed by atoms with Gasteiger partial charge < -0.3 is 28.9 Å². The van der Waals surface area contributed by atoms with E-state index in [4.69, 9.17) is 9.47 Å². The topological polar surface area (TPSA) is 100 Å². The Kier molecular flexibility index (Phi) is 9.85. The van der Waals surface area contributed by atoms with Gasteiger partial charge in [-0.25, -0.2) is 4.98 Å². The molecule has 0 unspecified atom stereocenters. The Morgan fingerprint density at radius 1 is 1.13 bits per heavy atom. The van der Waals surface area contributed by atoms with Crippen molar-refractivity contribution < 1.29 is 24.2 Å². The van der Waals surface area contributed by atoms with Crippen LogP contribution in [0.4, 0.5) is 0 Å². The second kappa shape index (κ2) is 13.3. The number of carbonyl (C=O) groups excluding carboxylic acids is 1. The van der Waals surface area contributed by atoms with Gasteiger partial charge in [0.15, 0.2) is 11.5 Å². The molecule has 1 N–H and O–H groups in total. The number of aromatic nitrogens is 2. The Bertz CT molecular complexity index is 1120. The third kappa shape index (κ3) is 7.10. The number of aryl methyl sites for hydroxylation is 2. The Labute approximate surface area is 231 Å². The normalized spacial score (nSPS) is 20.6. The number of carboxylic acid groups (broad SMARTS) is 1. The molecule has 0 spiro atoms. The summed E-state index contributed by atoms with van der Waals surface area (Å²) in [6.07, 6.45) is 7.77. The highest BCUT2D eigenvalue weighted by Crippen LogP contribution is 2.43. The molecule has 10 nitrogen and oxygen atoms in total. The summed E-state index contributed by atoms with van der Waals surface area (Å²) in [5.41, 5.74) is 0.900. The van der Waals surface area contributed by atoms with E-state index in [1.807, 2.05) is 55.0 Å². The van der Waals surface area contributed by atoms with E-state index in [0.717, 1.165) is 43.7 Å². The number of amides is 1. The number of ether oxygens (including phenoxy) is 2. The van der Waals surface area contributed by atoms with Gasteiger partial charge in [-0.05, 0) is 57.6 Å². The molecule has 0 aliphatic carbocycles. The van der Waals surface area contributed by atoms with Crippen molar-refractivity contribution in [2.24, 2.45) is 13.0 Å². The third-order valence-electron chi connectivity index (χ3n) is 7.95. The SMILES string of the molecule is CCCCN(CCCN(C)C)C(=O)CN1C[C@H](c2ccc3c(c2)OCO3)[C@@H](C(=O)O)[C@@H]1CCc1nccn1C. The number of imidazole rings is 1. The number of carboxylic acids is 1. The average molecular weight is 542 g/mol. The number of nitrogens with zero attached hydrogens (tertiary/aromatic N) is 5. The number of hydrogen-bond donors (Lipinski definition) is 1. The fraction of sp³-hybridized carbons (Fsp3) is 0.621. The second-order valence-electron chi connectivity index (χ2n) is 11.0. The molecule has 3 heterocycles. The molecular weight excluding hydrogens is 498 g/mol. The molecule has 3 atom stereocenters. The number of likely N-dealkylation sites (tertiary alicyclic amines) is 1. The molecule has 1 amide bonds. The van der Waals surface area contributed by atoms with Crippen molar-refractivity contribution in [3.63, 3.8) is 0 Å². The van der Waals surface area contributed by atoms with Crippen molar-refractivity contribution in [2.45, 2.75) is 51.0 Å². The first-order valence-electron chi connectivity index (χ1n) is 14.0. The van der Waals surface area contributed by atoms with Gasteiger partial charge in [0.2, 0.25) is 12.7 Å². The molecule has 214 valence electrons. The van der Waals surface area contributed by atoms with Crippen LogP contribution in [0.5, 0.6) is 11.5 Å². The van der Waals surface area contributed by atoms with Crippen molar-refractivity contribution in [1.29, 1.82) is 0 Å². The molecule has 0 radical (unpaired) electrons. The number of benzene rings is 1. The lowest BCUT2D eigenvalue weighted by molar-refractivity contribution is -0.143. The first kappa shape index (κ1) is 28.9. The van der Waals surface area contributed by atoms with Crippen molar-refractivity contribution in [1.82, 2.24) is 24.3 Å². The van der Waals surface area contributed by atoms with Crippen LogP contribution in [0.15, 0.2) is 30.6 Å². The summed E-state index contributed by atoms with van der Waals surface area (Å²) < 4.78 is 13.0. The van der Waals surface area contributed by atoms with Crippen LogP contribution in [0.1, 0.15) is 49.9 Å². The highest BCUT2D eigenvalue weighted by molar-refractivity contribution is 5.79. The highest BCUT2D eigenvalue weighted by atomic mass is 16.7. The van der Waals surface area contributed by atoms with Gasteiger partial charge in [0.25, 0.3) is 0 Å². The van der Waals surface area contributed by atoms with Crippen LogP contribution in [0, 0.1) is 5.92 Å². The minimum absolute atomic E-state index is 0.0691. The quantitative estimate of drug-likeness (QED) is 0.390. The van der Waals surface area contributed by atoms with Crippen molar-refractivity contribution in [2.75, 3.05) is 53.6 Å². The maximum Gasteiger partial charge on any atom is 0.308 e. The minimum Gasteiger partial charge on any atom is -0.481 e. The van der Waals surface area contributed by atoms with E-state index in [1.54, 1.807) is 6.20 Å². The lowest BCUT2D eigenvalue weighted by atomic mass is 9.83. The summed E-state index contributed by atoms with van der Waals surface area (Å²) in [5.74, 6) is 0.523. The zero-order chi connectivity index (χ0) is 27.9. The Balaban J connectivity index is 1.57. The average Bonchev–Trinajstić information content (AvgIpc) is 3.62. The number of rotatable bonds is 14. The smallest absolute Gasteiger partial charge is 0.308 e. The first-order valence-corrected chi connectivity index (χ1v) is 14.0. The summed E-state index contributed by atoms with van der Waals surface area (Å²) in [6, 6.07) is 5.39. The summed E-state index contributed by atoms with van der Waals surface area (Å²) in [6.45, 7) is 5.34. The van der Waals surface area contributed by atoms with Gasteiger partial charge in [0.1, 0.15) is 5.82 Å². The molecule has 1 aromatic heterocycles. The van der Waals surface area contributed by atoms with Gasteiger partial charge in [0.05, 0.1) is 12.5 Å². The fourth-order valence-corrected chi connectivity index (χ4v) is 5.81. The zero-order valence-electron chi connectivity index (χ0n) is 23.7. The van der Waals surface area contributed by atoms with E-state index >= 15 is 0 Å². The predicted octanol–water partition coefficient (Wildman–Crippen LogP) is 2.83. The van der Waals surface area contributed by atoms with E-state index in [9.17, 15) is 14.7 Å². The van der Waals surface area contributed by atoms with Gasteiger partial charge in [-0.15, -0.1) is 0 Å². The molecule has 2 aliphatic heterocycles. The minimum atomic E-state index is -0.841. The number of fused-ring (bicyclic) bond motifs is 1. The maximum absolute atomic E-state index is 13.7. The van der Waals surface area contributed by atoms with Crippen molar-refractivity contribution in [3.8, 4) is 11.5 Å². The summed E-state index contributed by atoms with van der Waals surface area (Å²) in [5, 5.41) is 10.5. The third-order valence-corrected chi connectivity index (χ3v) is 7.95. The fourth-order valence-electron chi connectivity index (χ4n) is 5.81. The van der Waals surface area contributed by atoms with Crippen LogP contribution in [-0.4, -0.2) is 101 Å². The van der Waals surface area contributed by atoms with E-state index in [1.165, 1.54) is 0 Å². The van der Waals surface area contributed by atoms with Gasteiger partial charge in [-0.3, -0.25) is 14.5 Å². The van der Waals surface area contributed by atoms with Crippen molar-refractivity contribution >= 4 is 11.9 Å². The van der Waals surface area contributed by atoms with Crippen molar-refractivity contribution in [3.05, 3.63) is 42.0 Å². The van der Waals surface area contributed by atoms with Gasteiger partial charge in [-0.2, -0.15) is 0 Å². The predicted molar refractivity (Wildman–Crippen MR) is 148 cm³/mol. The zero-order valence-corrected chi connectivity index (χ0v) is 23.7. The van der Waals surface area contributed by atoms with Crippen LogP contribution >= 0.6 is 0 Å². The van der Waals surface area contributed by atoms with Crippen LogP contribution in [-0.2, 0) is 23.1 Å². The highest BCUT2D eigenvalue weighted by Gasteiger charge is 2.47. The molecule has 10 heteroatoms. The maximum atomic E-state index is 13.7. The number of aliphatic carboxylic acids is 1. The second-order valence-corrected chi connectivity index (χ2v) is 11.0. The van der Waals surface area contributed by atoms with Crippen LogP contribution in [0.25, 0.3) is 0 Å². The molecular formula is C29H43N5O5. The summed E-state index contributed by atoms with van der Waals surface area (Å²) >= 11 is 0. The van der Waals surface area contributed by atoms with Crippen LogP contribution in [0.2, 0.25) is 0 Å². The monoisotopic (exact) mass is 541 g/mol. The molecule has 4 rings (SSSR count). The Morgan fingerprint density at radius 2 is 1.90 bits per heavy atom. The van der Waals surface area contributed by atoms with Crippen LogP contribution in [0.3, 0.4) is 0 Å². The standard InChI is InChI=1S/C29H43N5O5/c1-5-6-14-33(15-7-13-31(2)3)27(35)19-34-18-22(21-8-10-24-25(17-21)39-20-38-24)28(29(36)37)23(34)9-11-26-30-12-16-32(26)4/h8,10,12,16-17,22-23,28H,5-7,9,11,13-15,18-20H2,1-4H3,(H,36,37)/t22-,23+,28-/m1/s1. The van der Waals surface area contributed by atoms with Gasteiger partial charge in [0, 0.05) is 57.5 Å². The first-order chi connectivity index (χ1) is 18.8. The lowest BCUT2D eigenvalue weighted by Crippen LogP contribution is -2.45. The van der Waals surface area contributed by atoms with Gasteiger partial charge in [-0.1, -0.05) is 19.4 Å². The van der Waals surface area contributed by atoms with E-state index < -0.39 is 11.9 Å². The van der Waals surface area contributed by atoms with E-state index in [2.05, 4.69) is 21.7 Å².